The Morgan fingerprint density at radius 1 is 1.29 bits per heavy atom. The highest BCUT2D eigenvalue weighted by Gasteiger charge is 2.10. The maximum atomic E-state index is 5.92. The number of halogens is 2. The largest absolute Gasteiger partial charge is 0.487 e. The van der Waals surface area contributed by atoms with Gasteiger partial charge in [-0.3, -0.25) is 0 Å². The van der Waals surface area contributed by atoms with Crippen molar-refractivity contribution in [2.24, 2.45) is 0 Å². The van der Waals surface area contributed by atoms with Crippen LogP contribution in [0.3, 0.4) is 0 Å². The molecule has 0 fully saturated rings. The van der Waals surface area contributed by atoms with Gasteiger partial charge in [-0.2, -0.15) is 0 Å². The van der Waals surface area contributed by atoms with Crippen molar-refractivity contribution in [1.82, 2.24) is 5.32 Å². The lowest BCUT2D eigenvalue weighted by atomic mass is 10.3. The van der Waals surface area contributed by atoms with Gasteiger partial charge in [-0.1, -0.05) is 30.1 Å². The normalized spacial score (nSPS) is 12.5. The van der Waals surface area contributed by atoms with Crippen LogP contribution in [0.5, 0.6) is 5.75 Å². The first kappa shape index (κ1) is 14.6. The van der Waals surface area contributed by atoms with E-state index in [9.17, 15) is 0 Å². The Hall–Kier alpha value is -0.480. The molecule has 17 heavy (non-hydrogen) atoms. The molecule has 1 unspecified atom stereocenters. The second-order valence-electron chi connectivity index (χ2n) is 3.58. The van der Waals surface area contributed by atoms with Gasteiger partial charge in [0.05, 0.1) is 16.7 Å². The number of likely N-dealkylation sites (N-methyl/N-ethyl adjacent to an activating group) is 1. The van der Waals surface area contributed by atoms with Crippen molar-refractivity contribution < 1.29 is 9.47 Å². The Morgan fingerprint density at radius 3 is 2.65 bits per heavy atom. The summed E-state index contributed by atoms with van der Waals surface area (Å²) in [6.45, 7) is 4.19. The summed E-state index contributed by atoms with van der Waals surface area (Å²) in [7, 11) is 1.65. The second kappa shape index (κ2) is 7.77. The van der Waals surface area contributed by atoms with E-state index in [1.54, 1.807) is 25.3 Å². The molecule has 0 bridgehead atoms. The van der Waals surface area contributed by atoms with Crippen LogP contribution in [0.2, 0.25) is 10.0 Å². The molecule has 5 heteroatoms. The molecular weight excluding hydrogens is 261 g/mol. The molecule has 0 radical (unpaired) electrons. The van der Waals surface area contributed by atoms with Crippen molar-refractivity contribution in [3.8, 4) is 5.75 Å². The molecule has 1 aromatic carbocycles. The van der Waals surface area contributed by atoms with Gasteiger partial charge in [-0.15, -0.1) is 0 Å². The third-order valence-corrected chi connectivity index (χ3v) is 2.91. The molecule has 0 aliphatic heterocycles. The van der Waals surface area contributed by atoms with Crippen LogP contribution < -0.4 is 10.1 Å². The van der Waals surface area contributed by atoms with Gasteiger partial charge in [0.15, 0.2) is 0 Å². The van der Waals surface area contributed by atoms with Crippen LogP contribution in [-0.2, 0) is 4.74 Å². The van der Waals surface area contributed by atoms with E-state index in [0.717, 1.165) is 13.1 Å². The Labute approximate surface area is 112 Å². The van der Waals surface area contributed by atoms with Crippen LogP contribution in [0.4, 0.5) is 0 Å². The van der Waals surface area contributed by atoms with Crippen molar-refractivity contribution in [3.63, 3.8) is 0 Å². The number of hydrogen-bond donors (Lipinski definition) is 1. The summed E-state index contributed by atoms with van der Waals surface area (Å²) >= 11 is 11.8. The summed E-state index contributed by atoms with van der Waals surface area (Å²) in [4.78, 5) is 0. The monoisotopic (exact) mass is 277 g/mol. The summed E-state index contributed by atoms with van der Waals surface area (Å²) < 4.78 is 10.9. The van der Waals surface area contributed by atoms with Gasteiger partial charge in [0, 0.05) is 19.7 Å². The molecule has 0 heterocycles. The summed E-state index contributed by atoms with van der Waals surface area (Å²) in [6.07, 6.45) is -0.0443. The van der Waals surface area contributed by atoms with E-state index < -0.39 is 0 Å². The SMILES string of the molecule is CCNCC(COC)Oc1ccc(Cl)c(Cl)c1. The van der Waals surface area contributed by atoms with Gasteiger partial charge in [-0.05, 0) is 18.7 Å². The first-order valence-corrected chi connectivity index (χ1v) is 6.24. The molecule has 0 aliphatic carbocycles. The number of benzene rings is 1. The number of ether oxygens (including phenoxy) is 2. The Balaban J connectivity index is 2.61. The van der Waals surface area contributed by atoms with E-state index >= 15 is 0 Å². The number of nitrogens with one attached hydrogen (secondary N) is 1. The molecule has 1 rings (SSSR count). The van der Waals surface area contributed by atoms with Gasteiger partial charge in [0.1, 0.15) is 11.9 Å². The Kier molecular flexibility index (Phi) is 6.66. The molecule has 1 atom stereocenters. The third kappa shape index (κ3) is 5.13. The summed E-state index contributed by atoms with van der Waals surface area (Å²) in [5.41, 5.74) is 0. The van der Waals surface area contributed by atoms with Gasteiger partial charge in [-0.25, -0.2) is 0 Å². The molecule has 1 N–H and O–H groups in total. The van der Waals surface area contributed by atoms with Crippen molar-refractivity contribution in [3.05, 3.63) is 28.2 Å². The fraction of sp³-hybridized carbons (Fsp3) is 0.500. The van der Waals surface area contributed by atoms with Crippen LogP contribution >= 0.6 is 23.2 Å². The quantitative estimate of drug-likeness (QED) is 0.831. The summed E-state index contributed by atoms with van der Waals surface area (Å²) in [5, 5.41) is 4.23. The zero-order chi connectivity index (χ0) is 12.7. The average Bonchev–Trinajstić information content (AvgIpc) is 2.31. The van der Waals surface area contributed by atoms with Crippen molar-refractivity contribution in [2.75, 3.05) is 26.8 Å². The second-order valence-corrected chi connectivity index (χ2v) is 4.39. The van der Waals surface area contributed by atoms with Crippen molar-refractivity contribution >= 4 is 23.2 Å². The highest BCUT2D eigenvalue weighted by Crippen LogP contribution is 2.26. The average molecular weight is 278 g/mol. The molecule has 0 aliphatic rings. The Bertz CT molecular complexity index is 347. The van der Waals surface area contributed by atoms with E-state index in [2.05, 4.69) is 5.32 Å². The van der Waals surface area contributed by atoms with E-state index in [0.29, 0.717) is 22.4 Å². The zero-order valence-electron chi connectivity index (χ0n) is 10.0. The highest BCUT2D eigenvalue weighted by atomic mass is 35.5. The smallest absolute Gasteiger partial charge is 0.134 e. The zero-order valence-corrected chi connectivity index (χ0v) is 11.5. The van der Waals surface area contributed by atoms with E-state index in [1.165, 1.54) is 0 Å². The fourth-order valence-corrected chi connectivity index (χ4v) is 1.66. The van der Waals surface area contributed by atoms with Crippen LogP contribution in [-0.4, -0.2) is 32.9 Å². The molecule has 0 saturated heterocycles. The molecule has 3 nitrogen and oxygen atoms in total. The minimum Gasteiger partial charge on any atom is -0.487 e. The lowest BCUT2D eigenvalue weighted by Gasteiger charge is -2.18. The molecule has 96 valence electrons. The lowest BCUT2D eigenvalue weighted by molar-refractivity contribution is 0.0810. The Morgan fingerprint density at radius 2 is 2.06 bits per heavy atom. The van der Waals surface area contributed by atoms with Crippen LogP contribution in [0.25, 0.3) is 0 Å². The first-order valence-electron chi connectivity index (χ1n) is 5.48. The minimum absolute atomic E-state index is 0.0443. The van der Waals surface area contributed by atoms with Crippen molar-refractivity contribution in [1.29, 1.82) is 0 Å². The van der Waals surface area contributed by atoms with Crippen molar-refractivity contribution in [2.45, 2.75) is 13.0 Å². The van der Waals surface area contributed by atoms with Gasteiger partial charge in [0.2, 0.25) is 0 Å². The van der Waals surface area contributed by atoms with Crippen LogP contribution in [0.15, 0.2) is 18.2 Å². The maximum absolute atomic E-state index is 5.92. The number of rotatable bonds is 7. The number of hydrogen-bond acceptors (Lipinski definition) is 3. The van der Waals surface area contributed by atoms with E-state index in [1.807, 2.05) is 6.92 Å². The predicted octanol–water partition coefficient (Wildman–Crippen LogP) is 3.00. The molecule has 0 aromatic heterocycles. The summed E-state index contributed by atoms with van der Waals surface area (Å²) in [6, 6.07) is 5.22. The lowest BCUT2D eigenvalue weighted by Crippen LogP contribution is -2.34. The van der Waals surface area contributed by atoms with Crippen LogP contribution in [0, 0.1) is 0 Å². The molecular formula is C12H17Cl2NO2. The van der Waals surface area contributed by atoms with Gasteiger partial charge in [0.25, 0.3) is 0 Å². The molecule has 1 aromatic rings. The fourth-order valence-electron chi connectivity index (χ4n) is 1.37. The minimum atomic E-state index is -0.0443. The van der Waals surface area contributed by atoms with E-state index in [4.69, 9.17) is 32.7 Å². The third-order valence-electron chi connectivity index (χ3n) is 2.17. The number of methoxy groups -OCH3 is 1. The topological polar surface area (TPSA) is 30.5 Å². The van der Waals surface area contributed by atoms with E-state index in [-0.39, 0.29) is 6.10 Å². The molecule has 0 spiro atoms. The highest BCUT2D eigenvalue weighted by molar-refractivity contribution is 6.42. The first-order chi connectivity index (χ1) is 8.17. The summed E-state index contributed by atoms with van der Waals surface area (Å²) in [5.74, 6) is 0.694. The van der Waals surface area contributed by atoms with Gasteiger partial charge < -0.3 is 14.8 Å². The van der Waals surface area contributed by atoms with Crippen LogP contribution in [0.1, 0.15) is 6.92 Å². The molecule has 0 amide bonds. The predicted molar refractivity (Wildman–Crippen MR) is 71.3 cm³/mol. The standard InChI is InChI=1S/C12H17Cl2NO2/c1-3-15-7-10(8-16-2)17-9-4-5-11(13)12(14)6-9/h4-6,10,15H,3,7-8H2,1-2H3. The molecule has 0 saturated carbocycles. The maximum Gasteiger partial charge on any atom is 0.134 e. The van der Waals surface area contributed by atoms with Gasteiger partial charge >= 0.3 is 0 Å².